The lowest BCUT2D eigenvalue weighted by molar-refractivity contribution is -0.120. The van der Waals surface area contributed by atoms with E-state index in [2.05, 4.69) is 31.4 Å². The lowest BCUT2D eigenvalue weighted by Crippen LogP contribution is -2.29. The Kier molecular flexibility index (Phi) is 4.23. The van der Waals surface area contributed by atoms with Crippen molar-refractivity contribution < 1.29 is 4.79 Å². The van der Waals surface area contributed by atoms with Crippen molar-refractivity contribution in [2.75, 3.05) is 6.54 Å². The minimum Gasteiger partial charge on any atom is -0.356 e. The number of terminal acetylenes is 1. The smallest absolute Gasteiger partial charge is 0.227 e. The van der Waals surface area contributed by atoms with Crippen LogP contribution in [0.5, 0.6) is 0 Å². The molecule has 0 spiro atoms. The molecule has 0 aromatic carbocycles. The Hall–Kier alpha value is -2.16. The minimum absolute atomic E-state index is 0.0150. The number of hydrogen-bond donors (Lipinski definition) is 2. The van der Waals surface area contributed by atoms with E-state index >= 15 is 0 Å². The van der Waals surface area contributed by atoms with Gasteiger partial charge >= 0.3 is 0 Å². The van der Waals surface area contributed by atoms with Crippen molar-refractivity contribution in [1.29, 1.82) is 0 Å². The van der Waals surface area contributed by atoms with Crippen molar-refractivity contribution >= 4 is 5.91 Å². The number of rotatable bonds is 7. The molecule has 0 unspecified atom stereocenters. The molecular weight excluding hydrogens is 278 g/mol. The Balaban J connectivity index is 1.41. The number of H-pyrrole nitrogens is 1. The lowest BCUT2D eigenvalue weighted by atomic mass is 10.0. The summed E-state index contributed by atoms with van der Waals surface area (Å²) in [6, 6.07) is 0. The van der Waals surface area contributed by atoms with Crippen LogP contribution in [0.15, 0.2) is 10.2 Å². The number of aromatic nitrogens is 2. The fraction of sp³-hybridized carbons (Fsp3) is 0.625. The molecule has 2 N–H and O–H groups in total. The topological polar surface area (TPSA) is 82.5 Å². The van der Waals surface area contributed by atoms with Gasteiger partial charge in [0.2, 0.25) is 5.91 Å². The summed E-state index contributed by atoms with van der Waals surface area (Å²) >= 11 is 0. The molecule has 2 aliphatic rings. The second-order valence-electron chi connectivity index (χ2n) is 5.98. The van der Waals surface area contributed by atoms with Crippen molar-refractivity contribution in [3.8, 4) is 12.3 Å². The van der Waals surface area contributed by atoms with Crippen LogP contribution in [-0.4, -0.2) is 28.1 Å². The molecule has 1 aromatic heterocycles. The van der Waals surface area contributed by atoms with Gasteiger partial charge in [0.05, 0.1) is 12.1 Å². The van der Waals surface area contributed by atoms with E-state index in [1.54, 1.807) is 0 Å². The summed E-state index contributed by atoms with van der Waals surface area (Å²) in [5.41, 5.74) is 2.01. The normalized spacial score (nSPS) is 17.6. The van der Waals surface area contributed by atoms with Crippen molar-refractivity contribution in [2.24, 2.45) is 10.2 Å². The van der Waals surface area contributed by atoms with Crippen LogP contribution in [0.3, 0.4) is 0 Å². The summed E-state index contributed by atoms with van der Waals surface area (Å²) in [6.07, 6.45) is 12.2. The van der Waals surface area contributed by atoms with Gasteiger partial charge in [-0.15, -0.1) is 12.3 Å². The molecule has 6 nitrogen and oxygen atoms in total. The molecule has 0 saturated carbocycles. The fourth-order valence-corrected chi connectivity index (χ4v) is 2.88. The van der Waals surface area contributed by atoms with Gasteiger partial charge in [0.15, 0.2) is 5.66 Å². The van der Waals surface area contributed by atoms with Crippen LogP contribution < -0.4 is 5.32 Å². The molecule has 1 aliphatic heterocycles. The number of nitrogens with zero attached hydrogens (tertiary/aromatic N) is 3. The number of nitrogens with one attached hydrogen (secondary N) is 2. The molecule has 6 heteroatoms. The van der Waals surface area contributed by atoms with Crippen LogP contribution in [0.4, 0.5) is 0 Å². The molecular formula is C16H21N5O. The van der Waals surface area contributed by atoms with E-state index in [0.29, 0.717) is 19.4 Å². The molecule has 0 bridgehead atoms. The number of fused-ring (bicyclic) bond motifs is 1. The summed E-state index contributed by atoms with van der Waals surface area (Å²) in [5.74, 6) is 3.36. The molecule has 116 valence electrons. The maximum atomic E-state index is 12.0. The van der Waals surface area contributed by atoms with E-state index < -0.39 is 0 Å². The van der Waals surface area contributed by atoms with Gasteiger partial charge in [-0.05, 0) is 25.7 Å². The van der Waals surface area contributed by atoms with Crippen molar-refractivity contribution in [1.82, 2.24) is 15.3 Å². The highest BCUT2D eigenvalue weighted by atomic mass is 16.1. The fourth-order valence-electron chi connectivity index (χ4n) is 2.88. The average Bonchev–Trinajstić information content (AvgIpc) is 3.15. The summed E-state index contributed by atoms with van der Waals surface area (Å²) in [4.78, 5) is 19.8. The van der Waals surface area contributed by atoms with Crippen LogP contribution in [0, 0.1) is 12.3 Å². The largest absolute Gasteiger partial charge is 0.356 e. The van der Waals surface area contributed by atoms with Crippen LogP contribution in [0.25, 0.3) is 0 Å². The molecule has 0 fully saturated rings. The van der Waals surface area contributed by atoms with Gasteiger partial charge < -0.3 is 10.3 Å². The van der Waals surface area contributed by atoms with E-state index in [4.69, 9.17) is 6.42 Å². The Morgan fingerprint density at radius 3 is 2.86 bits per heavy atom. The number of aromatic amines is 1. The second kappa shape index (κ2) is 6.30. The molecule has 1 aliphatic carbocycles. The van der Waals surface area contributed by atoms with Crippen molar-refractivity contribution in [3.05, 3.63) is 17.2 Å². The first-order valence-electron chi connectivity index (χ1n) is 7.92. The van der Waals surface area contributed by atoms with E-state index in [-0.39, 0.29) is 11.6 Å². The Bertz CT molecular complexity index is 595. The number of amides is 1. The standard InChI is InChI=1S/C16H21N5O/c1-2-3-8-16(20-21-16)9-10-17-15(22)11-14-18-12-6-4-5-7-13(12)19-14/h1H,3-11H2,(H,17,22)(H,18,19). The molecule has 0 saturated heterocycles. The predicted octanol–water partition coefficient (Wildman–Crippen LogP) is 1.91. The van der Waals surface area contributed by atoms with Gasteiger partial charge in [-0.25, -0.2) is 4.98 Å². The molecule has 1 aromatic rings. The molecule has 2 heterocycles. The summed E-state index contributed by atoms with van der Waals surface area (Å²) in [6.45, 7) is 0.566. The first-order valence-corrected chi connectivity index (χ1v) is 7.92. The predicted molar refractivity (Wildman–Crippen MR) is 82.2 cm³/mol. The third-order valence-corrected chi connectivity index (χ3v) is 4.23. The highest BCUT2D eigenvalue weighted by molar-refractivity contribution is 5.77. The monoisotopic (exact) mass is 299 g/mol. The van der Waals surface area contributed by atoms with Gasteiger partial charge in [-0.2, -0.15) is 10.2 Å². The van der Waals surface area contributed by atoms with Gasteiger partial charge in [0.25, 0.3) is 0 Å². The Labute approximate surface area is 130 Å². The third kappa shape index (κ3) is 3.53. The van der Waals surface area contributed by atoms with Gasteiger partial charge in [-0.3, -0.25) is 4.79 Å². The molecule has 1 amide bonds. The number of carbonyl (C=O) groups excluding carboxylic acids is 1. The first-order chi connectivity index (χ1) is 10.7. The number of carbonyl (C=O) groups is 1. The molecule has 0 radical (unpaired) electrons. The zero-order valence-corrected chi connectivity index (χ0v) is 12.7. The lowest BCUT2D eigenvalue weighted by Gasteiger charge is -2.09. The number of aryl methyl sites for hydroxylation is 2. The van der Waals surface area contributed by atoms with Crippen LogP contribution >= 0.6 is 0 Å². The number of hydrogen-bond acceptors (Lipinski definition) is 4. The molecule has 22 heavy (non-hydrogen) atoms. The van der Waals surface area contributed by atoms with E-state index in [0.717, 1.165) is 37.2 Å². The van der Waals surface area contributed by atoms with E-state index in [1.165, 1.54) is 18.5 Å². The quantitative estimate of drug-likeness (QED) is 0.754. The third-order valence-electron chi connectivity index (χ3n) is 4.23. The molecule has 3 rings (SSSR count). The SMILES string of the molecule is C#CCCC1(CCNC(=O)Cc2nc3c([nH]2)CCCC3)N=N1. The highest BCUT2D eigenvalue weighted by Crippen LogP contribution is 2.35. The van der Waals surface area contributed by atoms with E-state index in [9.17, 15) is 4.79 Å². The van der Waals surface area contributed by atoms with Gasteiger partial charge in [0.1, 0.15) is 5.82 Å². The first kappa shape index (κ1) is 14.8. The summed E-state index contributed by atoms with van der Waals surface area (Å²) in [5, 5.41) is 11.0. The summed E-state index contributed by atoms with van der Waals surface area (Å²) < 4.78 is 0. The van der Waals surface area contributed by atoms with Crippen LogP contribution in [-0.2, 0) is 24.1 Å². The molecule has 0 atom stereocenters. The summed E-state index contributed by atoms with van der Waals surface area (Å²) in [7, 11) is 0. The van der Waals surface area contributed by atoms with Crippen LogP contribution in [0.1, 0.15) is 49.3 Å². The maximum absolute atomic E-state index is 12.0. The zero-order valence-electron chi connectivity index (χ0n) is 12.7. The second-order valence-corrected chi connectivity index (χ2v) is 5.98. The van der Waals surface area contributed by atoms with Crippen molar-refractivity contribution in [2.45, 2.75) is 57.0 Å². The Morgan fingerprint density at radius 2 is 2.14 bits per heavy atom. The van der Waals surface area contributed by atoms with E-state index in [1.807, 2.05) is 0 Å². The zero-order chi connectivity index (χ0) is 15.4. The number of imidazole rings is 1. The minimum atomic E-state index is -0.330. The van der Waals surface area contributed by atoms with Gasteiger partial charge in [-0.1, -0.05) is 0 Å². The van der Waals surface area contributed by atoms with Gasteiger partial charge in [0, 0.05) is 31.5 Å². The average molecular weight is 299 g/mol. The van der Waals surface area contributed by atoms with Crippen molar-refractivity contribution in [3.63, 3.8) is 0 Å². The van der Waals surface area contributed by atoms with Crippen LogP contribution in [0.2, 0.25) is 0 Å². The Morgan fingerprint density at radius 1 is 1.32 bits per heavy atom. The maximum Gasteiger partial charge on any atom is 0.227 e. The highest BCUT2D eigenvalue weighted by Gasteiger charge is 2.38.